The van der Waals surface area contributed by atoms with Crippen molar-refractivity contribution in [1.29, 1.82) is 0 Å². The zero-order valence-electron chi connectivity index (χ0n) is 6.53. The maximum absolute atomic E-state index is 11.0. The summed E-state index contributed by atoms with van der Waals surface area (Å²) in [5.74, 6) is -0.512. The molecule has 0 atom stereocenters. The van der Waals surface area contributed by atoms with E-state index in [0.717, 1.165) is 0 Å². The maximum atomic E-state index is 11.0. The minimum Gasteiger partial charge on any atom is -0.340 e. The van der Waals surface area contributed by atoms with E-state index in [2.05, 4.69) is 6.58 Å². The molecule has 1 rings (SSSR count). The van der Waals surface area contributed by atoms with Crippen molar-refractivity contribution in [3.63, 3.8) is 0 Å². The standard InChI is InChI=1S/C8H10N2O2/c1-2-5-10-6-3-4-7(10)8(11)9-12/h2-4,6,12H,1,5H2,(H,9,11). The quantitative estimate of drug-likeness (QED) is 0.396. The third kappa shape index (κ3) is 1.54. The molecular weight excluding hydrogens is 156 g/mol. The number of aromatic nitrogens is 1. The summed E-state index contributed by atoms with van der Waals surface area (Å²) >= 11 is 0. The van der Waals surface area contributed by atoms with Gasteiger partial charge in [-0.2, -0.15) is 0 Å². The van der Waals surface area contributed by atoms with Crippen LogP contribution in [0.3, 0.4) is 0 Å². The van der Waals surface area contributed by atoms with Crippen LogP contribution in [0.5, 0.6) is 0 Å². The zero-order chi connectivity index (χ0) is 8.97. The lowest BCUT2D eigenvalue weighted by molar-refractivity contribution is 0.0696. The SMILES string of the molecule is C=CCn1cccc1C(=O)NO. The van der Waals surface area contributed by atoms with Crippen LogP contribution in [0.1, 0.15) is 10.5 Å². The number of carbonyl (C=O) groups excluding carboxylic acids is 1. The summed E-state index contributed by atoms with van der Waals surface area (Å²) in [5, 5.41) is 8.36. The van der Waals surface area contributed by atoms with E-state index in [4.69, 9.17) is 5.21 Å². The van der Waals surface area contributed by atoms with Crippen LogP contribution < -0.4 is 5.48 Å². The van der Waals surface area contributed by atoms with Crippen molar-refractivity contribution in [1.82, 2.24) is 10.0 Å². The van der Waals surface area contributed by atoms with E-state index >= 15 is 0 Å². The number of nitrogens with one attached hydrogen (secondary N) is 1. The van der Waals surface area contributed by atoms with Crippen LogP contribution in [0.4, 0.5) is 0 Å². The molecule has 0 aliphatic rings. The Kier molecular flexibility index (Phi) is 2.66. The summed E-state index contributed by atoms with van der Waals surface area (Å²) < 4.78 is 1.68. The molecule has 0 saturated carbocycles. The Labute approximate surface area is 70.1 Å². The molecule has 1 amide bonds. The van der Waals surface area contributed by atoms with E-state index in [1.165, 1.54) is 0 Å². The van der Waals surface area contributed by atoms with Gasteiger partial charge in [0.15, 0.2) is 0 Å². The molecule has 0 spiro atoms. The fourth-order valence-electron chi connectivity index (χ4n) is 0.976. The third-order valence-corrected chi connectivity index (χ3v) is 1.49. The Morgan fingerprint density at radius 1 is 1.83 bits per heavy atom. The average Bonchev–Trinajstić information content (AvgIpc) is 2.52. The summed E-state index contributed by atoms with van der Waals surface area (Å²) in [5.41, 5.74) is 1.99. The molecule has 0 saturated heterocycles. The van der Waals surface area contributed by atoms with E-state index in [1.807, 2.05) is 0 Å². The van der Waals surface area contributed by atoms with Gasteiger partial charge in [0, 0.05) is 12.7 Å². The largest absolute Gasteiger partial charge is 0.340 e. The lowest BCUT2D eigenvalue weighted by Crippen LogP contribution is -2.21. The number of carbonyl (C=O) groups is 1. The van der Waals surface area contributed by atoms with Crippen LogP contribution in [0, 0.1) is 0 Å². The van der Waals surface area contributed by atoms with Crippen molar-refractivity contribution in [2.45, 2.75) is 6.54 Å². The molecule has 0 aromatic carbocycles. The lowest BCUT2D eigenvalue weighted by atomic mass is 10.4. The molecule has 1 aromatic heterocycles. The number of hydroxylamine groups is 1. The normalized spacial score (nSPS) is 9.42. The zero-order valence-corrected chi connectivity index (χ0v) is 6.53. The number of nitrogens with zero attached hydrogens (tertiary/aromatic N) is 1. The van der Waals surface area contributed by atoms with Gasteiger partial charge in [0.1, 0.15) is 5.69 Å². The van der Waals surface area contributed by atoms with E-state index in [1.54, 1.807) is 34.5 Å². The van der Waals surface area contributed by atoms with E-state index in [-0.39, 0.29) is 0 Å². The Morgan fingerprint density at radius 3 is 3.17 bits per heavy atom. The molecule has 4 nitrogen and oxygen atoms in total. The number of amides is 1. The van der Waals surface area contributed by atoms with Crippen LogP contribution >= 0.6 is 0 Å². The predicted molar refractivity (Wildman–Crippen MR) is 43.9 cm³/mol. The molecular formula is C8H10N2O2. The van der Waals surface area contributed by atoms with Gasteiger partial charge in [-0.1, -0.05) is 6.08 Å². The minimum absolute atomic E-state index is 0.414. The Bertz CT molecular complexity index is 291. The van der Waals surface area contributed by atoms with Crippen molar-refractivity contribution in [2.75, 3.05) is 0 Å². The van der Waals surface area contributed by atoms with Crippen molar-refractivity contribution in [3.8, 4) is 0 Å². The first-order chi connectivity index (χ1) is 5.79. The third-order valence-electron chi connectivity index (χ3n) is 1.49. The second-order valence-electron chi connectivity index (χ2n) is 2.28. The van der Waals surface area contributed by atoms with Crippen LogP contribution in [0.25, 0.3) is 0 Å². The maximum Gasteiger partial charge on any atom is 0.291 e. The summed E-state index contributed by atoms with van der Waals surface area (Å²) in [6.07, 6.45) is 3.42. The van der Waals surface area contributed by atoms with Gasteiger partial charge in [-0.3, -0.25) is 10.0 Å². The van der Waals surface area contributed by atoms with E-state index in [9.17, 15) is 4.79 Å². The number of hydrogen-bond donors (Lipinski definition) is 2. The predicted octanol–water partition coefficient (Wildman–Crippen LogP) is 0.793. The number of rotatable bonds is 3. The molecule has 0 aliphatic carbocycles. The van der Waals surface area contributed by atoms with E-state index < -0.39 is 5.91 Å². The second-order valence-corrected chi connectivity index (χ2v) is 2.28. The topological polar surface area (TPSA) is 54.3 Å². The summed E-state index contributed by atoms with van der Waals surface area (Å²) in [4.78, 5) is 11.0. The van der Waals surface area contributed by atoms with Gasteiger partial charge in [0.2, 0.25) is 0 Å². The van der Waals surface area contributed by atoms with Crippen molar-refractivity contribution >= 4 is 5.91 Å². The highest BCUT2D eigenvalue weighted by molar-refractivity contribution is 5.91. The number of allylic oxidation sites excluding steroid dienone is 1. The summed E-state index contributed by atoms with van der Waals surface area (Å²) in [7, 11) is 0. The fourth-order valence-corrected chi connectivity index (χ4v) is 0.976. The Hall–Kier alpha value is -1.55. The van der Waals surface area contributed by atoms with Crippen molar-refractivity contribution in [3.05, 3.63) is 36.7 Å². The molecule has 0 aliphatic heterocycles. The van der Waals surface area contributed by atoms with Gasteiger partial charge in [0.25, 0.3) is 5.91 Å². The second kappa shape index (κ2) is 3.73. The lowest BCUT2D eigenvalue weighted by Gasteiger charge is -2.03. The van der Waals surface area contributed by atoms with Crippen molar-refractivity contribution in [2.24, 2.45) is 0 Å². The Balaban J connectivity index is 2.90. The van der Waals surface area contributed by atoms with Crippen LogP contribution in [-0.2, 0) is 6.54 Å². The highest BCUT2D eigenvalue weighted by Crippen LogP contribution is 2.01. The summed E-state index contributed by atoms with van der Waals surface area (Å²) in [6.45, 7) is 4.10. The highest BCUT2D eigenvalue weighted by Gasteiger charge is 2.07. The number of hydrogen-bond acceptors (Lipinski definition) is 2. The van der Waals surface area contributed by atoms with Crippen molar-refractivity contribution < 1.29 is 10.0 Å². The Morgan fingerprint density at radius 2 is 2.58 bits per heavy atom. The molecule has 4 heteroatoms. The van der Waals surface area contributed by atoms with Crippen LogP contribution in [-0.4, -0.2) is 15.7 Å². The monoisotopic (exact) mass is 166 g/mol. The fraction of sp³-hybridized carbons (Fsp3) is 0.125. The van der Waals surface area contributed by atoms with Gasteiger partial charge < -0.3 is 4.57 Å². The van der Waals surface area contributed by atoms with Crippen LogP contribution in [0.2, 0.25) is 0 Å². The molecule has 0 radical (unpaired) electrons. The van der Waals surface area contributed by atoms with Gasteiger partial charge >= 0.3 is 0 Å². The van der Waals surface area contributed by atoms with Gasteiger partial charge in [0.05, 0.1) is 0 Å². The first-order valence-electron chi connectivity index (χ1n) is 3.50. The van der Waals surface area contributed by atoms with E-state index in [0.29, 0.717) is 12.2 Å². The molecule has 0 bridgehead atoms. The first-order valence-corrected chi connectivity index (χ1v) is 3.50. The highest BCUT2D eigenvalue weighted by atomic mass is 16.5. The molecule has 64 valence electrons. The molecule has 0 unspecified atom stereocenters. The van der Waals surface area contributed by atoms with Gasteiger partial charge in [-0.15, -0.1) is 6.58 Å². The molecule has 12 heavy (non-hydrogen) atoms. The smallest absolute Gasteiger partial charge is 0.291 e. The minimum atomic E-state index is -0.512. The molecule has 1 heterocycles. The molecule has 1 aromatic rings. The van der Waals surface area contributed by atoms with Crippen LogP contribution in [0.15, 0.2) is 31.0 Å². The average molecular weight is 166 g/mol. The van der Waals surface area contributed by atoms with Gasteiger partial charge in [-0.05, 0) is 12.1 Å². The first kappa shape index (κ1) is 8.55. The van der Waals surface area contributed by atoms with Gasteiger partial charge in [-0.25, -0.2) is 5.48 Å². The molecule has 2 N–H and O–H groups in total. The summed E-state index contributed by atoms with van der Waals surface area (Å²) in [6, 6.07) is 3.35. The molecule has 0 fully saturated rings.